The van der Waals surface area contributed by atoms with Crippen LogP contribution < -0.4 is 0 Å². The zero-order valence-corrected chi connectivity index (χ0v) is 13.7. The lowest BCUT2D eigenvalue weighted by Crippen LogP contribution is -2.06. The number of carbonyl (C=O) groups excluding carboxylic acids is 1. The molecule has 0 amide bonds. The van der Waals surface area contributed by atoms with Gasteiger partial charge < -0.3 is 0 Å². The maximum atomic E-state index is 12.3. The van der Waals surface area contributed by atoms with Crippen LogP contribution in [-0.2, 0) is 24.7 Å². The van der Waals surface area contributed by atoms with Crippen LogP contribution in [0.5, 0.6) is 0 Å². The molecule has 0 radical (unpaired) electrons. The minimum Gasteiger partial charge on any atom is -0.299 e. The summed E-state index contributed by atoms with van der Waals surface area (Å²) < 4.78 is 1.89. The molecule has 0 saturated carbocycles. The Kier molecular flexibility index (Phi) is 4.61. The maximum absolute atomic E-state index is 12.3. The molecule has 1 aromatic carbocycles. The Morgan fingerprint density at radius 3 is 2.52 bits per heavy atom. The van der Waals surface area contributed by atoms with Crippen LogP contribution in [-0.4, -0.2) is 15.6 Å². The molecule has 0 atom stereocenters. The van der Waals surface area contributed by atoms with E-state index >= 15 is 0 Å². The highest BCUT2D eigenvalue weighted by atomic mass is 16.1. The number of aryl methyl sites for hydroxylation is 4. The summed E-state index contributed by atoms with van der Waals surface area (Å²) in [5.41, 5.74) is 6.97. The lowest BCUT2D eigenvalue weighted by Gasteiger charge is -2.07. The van der Waals surface area contributed by atoms with Crippen molar-refractivity contribution in [2.75, 3.05) is 0 Å². The van der Waals surface area contributed by atoms with Gasteiger partial charge >= 0.3 is 0 Å². The predicted molar refractivity (Wildman–Crippen MR) is 85.6 cm³/mol. The number of hydrogen-bond donors (Lipinski definition) is 0. The van der Waals surface area contributed by atoms with Gasteiger partial charge in [0.15, 0.2) is 0 Å². The maximum Gasteiger partial charge on any atom is 0.137 e. The standard InChI is InChI=1S/C18H24N2O/c1-12-6-7-13(2)16(10-12)11-17(21)8-9-18-14(3)19-20(5)15(18)4/h6-7,10H,8-9,11H2,1-5H3. The molecule has 0 N–H and O–H groups in total. The number of nitrogens with zero attached hydrogens (tertiary/aromatic N) is 2. The van der Waals surface area contributed by atoms with Crippen LogP contribution >= 0.6 is 0 Å². The smallest absolute Gasteiger partial charge is 0.137 e. The highest BCUT2D eigenvalue weighted by Gasteiger charge is 2.12. The minimum atomic E-state index is 0.298. The zero-order valence-electron chi connectivity index (χ0n) is 13.7. The van der Waals surface area contributed by atoms with Crippen molar-refractivity contribution in [2.24, 2.45) is 7.05 Å². The second-order valence-electron chi connectivity index (χ2n) is 5.92. The number of ketones is 1. The molecule has 0 aliphatic carbocycles. The lowest BCUT2D eigenvalue weighted by atomic mass is 9.97. The van der Waals surface area contributed by atoms with Crippen molar-refractivity contribution < 1.29 is 4.79 Å². The molecule has 1 heterocycles. The Morgan fingerprint density at radius 2 is 1.90 bits per heavy atom. The molecule has 0 aliphatic heterocycles. The molecule has 3 heteroatoms. The number of Topliss-reactive ketones (excluding diaryl/α,β-unsaturated/α-hetero) is 1. The van der Waals surface area contributed by atoms with Gasteiger partial charge in [0, 0.05) is 25.6 Å². The van der Waals surface area contributed by atoms with E-state index in [1.165, 1.54) is 16.7 Å². The third-order valence-electron chi connectivity index (χ3n) is 4.20. The summed E-state index contributed by atoms with van der Waals surface area (Å²) in [5, 5.41) is 4.40. The third kappa shape index (κ3) is 3.60. The van der Waals surface area contributed by atoms with Crippen LogP contribution in [0.15, 0.2) is 18.2 Å². The van der Waals surface area contributed by atoms with Gasteiger partial charge in [0.1, 0.15) is 5.78 Å². The molecule has 112 valence electrons. The number of rotatable bonds is 5. The molecule has 21 heavy (non-hydrogen) atoms. The fourth-order valence-corrected chi connectivity index (χ4v) is 2.74. The van der Waals surface area contributed by atoms with E-state index in [1.807, 2.05) is 18.7 Å². The summed E-state index contributed by atoms with van der Waals surface area (Å²) in [5.74, 6) is 0.298. The fourth-order valence-electron chi connectivity index (χ4n) is 2.74. The third-order valence-corrected chi connectivity index (χ3v) is 4.20. The van der Waals surface area contributed by atoms with Gasteiger partial charge in [-0.2, -0.15) is 5.10 Å². The summed E-state index contributed by atoms with van der Waals surface area (Å²) in [6.07, 6.45) is 1.90. The van der Waals surface area contributed by atoms with Crippen molar-refractivity contribution in [2.45, 2.75) is 47.0 Å². The van der Waals surface area contributed by atoms with E-state index in [-0.39, 0.29) is 0 Å². The molecular weight excluding hydrogens is 260 g/mol. The molecule has 0 fully saturated rings. The van der Waals surface area contributed by atoms with Crippen LogP contribution in [0, 0.1) is 27.7 Å². The molecular formula is C18H24N2O. The molecule has 2 aromatic rings. The summed E-state index contributed by atoms with van der Waals surface area (Å²) in [6.45, 7) is 8.20. The van der Waals surface area contributed by atoms with Gasteiger partial charge in [0.05, 0.1) is 5.69 Å². The first-order valence-electron chi connectivity index (χ1n) is 7.45. The molecule has 0 aliphatic rings. The zero-order chi connectivity index (χ0) is 15.6. The molecule has 2 rings (SSSR count). The predicted octanol–water partition coefficient (Wildman–Crippen LogP) is 3.40. The second kappa shape index (κ2) is 6.25. The average molecular weight is 284 g/mol. The summed E-state index contributed by atoms with van der Waals surface area (Å²) in [4.78, 5) is 12.3. The number of benzene rings is 1. The Bertz CT molecular complexity index is 668. The Morgan fingerprint density at radius 1 is 1.19 bits per heavy atom. The first kappa shape index (κ1) is 15.5. The van der Waals surface area contributed by atoms with Crippen molar-refractivity contribution in [3.05, 3.63) is 51.8 Å². The number of hydrogen-bond acceptors (Lipinski definition) is 2. The highest BCUT2D eigenvalue weighted by molar-refractivity contribution is 5.81. The lowest BCUT2D eigenvalue weighted by molar-refractivity contribution is -0.118. The van der Waals surface area contributed by atoms with E-state index in [1.54, 1.807) is 0 Å². The SMILES string of the molecule is Cc1ccc(C)c(CC(=O)CCc2c(C)nn(C)c2C)c1. The van der Waals surface area contributed by atoms with Crippen molar-refractivity contribution >= 4 is 5.78 Å². The van der Waals surface area contributed by atoms with E-state index in [0.717, 1.165) is 23.4 Å². The molecule has 3 nitrogen and oxygen atoms in total. The fraction of sp³-hybridized carbons (Fsp3) is 0.444. The Hall–Kier alpha value is -1.90. The van der Waals surface area contributed by atoms with E-state index in [4.69, 9.17) is 0 Å². The van der Waals surface area contributed by atoms with E-state index in [9.17, 15) is 4.79 Å². The molecule has 1 aromatic heterocycles. The normalized spacial score (nSPS) is 10.9. The van der Waals surface area contributed by atoms with Gasteiger partial charge in [-0.3, -0.25) is 9.48 Å². The Labute approximate surface area is 127 Å². The van der Waals surface area contributed by atoms with Crippen LogP contribution in [0.2, 0.25) is 0 Å². The molecule has 0 saturated heterocycles. The van der Waals surface area contributed by atoms with Crippen LogP contribution in [0.25, 0.3) is 0 Å². The van der Waals surface area contributed by atoms with Crippen LogP contribution in [0.3, 0.4) is 0 Å². The van der Waals surface area contributed by atoms with Gasteiger partial charge in [-0.15, -0.1) is 0 Å². The minimum absolute atomic E-state index is 0.298. The number of carbonyl (C=O) groups is 1. The largest absolute Gasteiger partial charge is 0.299 e. The average Bonchev–Trinajstić information content (AvgIpc) is 2.66. The van der Waals surface area contributed by atoms with Crippen molar-refractivity contribution in [1.82, 2.24) is 9.78 Å². The molecule has 0 bridgehead atoms. The van der Waals surface area contributed by atoms with E-state index < -0.39 is 0 Å². The second-order valence-corrected chi connectivity index (χ2v) is 5.92. The van der Waals surface area contributed by atoms with Crippen molar-refractivity contribution in [3.8, 4) is 0 Å². The van der Waals surface area contributed by atoms with E-state index in [0.29, 0.717) is 18.6 Å². The van der Waals surface area contributed by atoms with E-state index in [2.05, 4.69) is 44.1 Å². The summed E-state index contributed by atoms with van der Waals surface area (Å²) in [6, 6.07) is 6.30. The summed E-state index contributed by atoms with van der Waals surface area (Å²) >= 11 is 0. The van der Waals surface area contributed by atoms with Crippen LogP contribution in [0.4, 0.5) is 0 Å². The summed E-state index contributed by atoms with van der Waals surface area (Å²) in [7, 11) is 1.95. The van der Waals surface area contributed by atoms with Crippen LogP contribution in [0.1, 0.15) is 40.1 Å². The van der Waals surface area contributed by atoms with Crippen molar-refractivity contribution in [1.29, 1.82) is 0 Å². The van der Waals surface area contributed by atoms with Gasteiger partial charge in [-0.05, 0) is 50.8 Å². The van der Waals surface area contributed by atoms with Gasteiger partial charge in [-0.1, -0.05) is 23.8 Å². The highest BCUT2D eigenvalue weighted by Crippen LogP contribution is 2.16. The topological polar surface area (TPSA) is 34.9 Å². The van der Waals surface area contributed by atoms with Crippen molar-refractivity contribution in [3.63, 3.8) is 0 Å². The first-order chi connectivity index (χ1) is 9.88. The molecule has 0 unspecified atom stereocenters. The van der Waals surface area contributed by atoms with Gasteiger partial charge in [0.2, 0.25) is 0 Å². The number of aromatic nitrogens is 2. The first-order valence-corrected chi connectivity index (χ1v) is 7.45. The van der Waals surface area contributed by atoms with Gasteiger partial charge in [-0.25, -0.2) is 0 Å². The molecule has 0 spiro atoms. The monoisotopic (exact) mass is 284 g/mol. The quantitative estimate of drug-likeness (QED) is 0.843. The Balaban J connectivity index is 2.01. The van der Waals surface area contributed by atoms with Gasteiger partial charge in [0.25, 0.3) is 0 Å².